The van der Waals surface area contributed by atoms with Gasteiger partial charge in [-0.3, -0.25) is 0 Å². The van der Waals surface area contributed by atoms with Crippen LogP contribution in [0.1, 0.15) is 64.9 Å². The lowest BCUT2D eigenvalue weighted by atomic mass is 9.89. The van der Waals surface area contributed by atoms with Crippen molar-refractivity contribution in [3.05, 3.63) is 48.0 Å². The molecule has 0 saturated carbocycles. The largest absolute Gasteiger partial charge is 0.485 e. The number of oxazole rings is 1. The molecule has 1 aromatic heterocycles. The molecule has 0 amide bonds. The van der Waals surface area contributed by atoms with Crippen molar-refractivity contribution in [2.24, 2.45) is 0 Å². The number of para-hydroxylation sites is 1. The van der Waals surface area contributed by atoms with Crippen LogP contribution < -0.4 is 9.30 Å². The highest BCUT2D eigenvalue weighted by Gasteiger charge is 2.47. The molecule has 3 heteroatoms. The second kappa shape index (κ2) is 7.98. The summed E-state index contributed by atoms with van der Waals surface area (Å²) in [4.78, 5) is 0. The van der Waals surface area contributed by atoms with E-state index in [1.807, 2.05) is 6.07 Å². The number of aromatic nitrogens is 1. The molecule has 1 aliphatic rings. The van der Waals surface area contributed by atoms with Crippen molar-refractivity contribution < 1.29 is 13.7 Å². The number of hydrogen-bond donors (Lipinski definition) is 0. The van der Waals surface area contributed by atoms with Gasteiger partial charge in [0.1, 0.15) is 11.3 Å². The molecule has 0 bridgehead atoms. The van der Waals surface area contributed by atoms with E-state index in [9.17, 15) is 0 Å². The van der Waals surface area contributed by atoms with Crippen LogP contribution in [-0.4, -0.2) is 6.61 Å². The molecular formula is C25H32NO2+. The molecule has 4 rings (SSSR count). The summed E-state index contributed by atoms with van der Waals surface area (Å²) in [6.45, 7) is 7.46. The average molecular weight is 379 g/mol. The summed E-state index contributed by atoms with van der Waals surface area (Å²) in [7, 11) is 0. The number of fused-ring (bicyclic) bond motifs is 5. The first-order valence-corrected chi connectivity index (χ1v) is 10.9. The van der Waals surface area contributed by atoms with Gasteiger partial charge in [0.25, 0.3) is 5.52 Å². The molecule has 3 aromatic rings. The molecule has 148 valence electrons. The number of ether oxygens (including phenoxy) is 1. The summed E-state index contributed by atoms with van der Waals surface area (Å²) in [5, 5.41) is 0. The van der Waals surface area contributed by atoms with Crippen molar-refractivity contribution in [2.45, 2.75) is 71.3 Å². The monoisotopic (exact) mass is 378 g/mol. The first-order chi connectivity index (χ1) is 13.7. The van der Waals surface area contributed by atoms with Gasteiger partial charge in [0.15, 0.2) is 6.61 Å². The third kappa shape index (κ3) is 3.21. The Morgan fingerprint density at radius 3 is 2.61 bits per heavy atom. The molecule has 0 radical (unpaired) electrons. The van der Waals surface area contributed by atoms with Crippen molar-refractivity contribution in [2.75, 3.05) is 6.61 Å². The normalized spacial score (nSPS) is 18.4. The van der Waals surface area contributed by atoms with Gasteiger partial charge in [-0.05, 0) is 43.0 Å². The number of nitrogens with zero attached hydrogens (tertiary/aromatic N) is 1. The minimum Gasteiger partial charge on any atom is -0.485 e. The molecule has 0 spiro atoms. The molecule has 3 nitrogen and oxygen atoms in total. The zero-order chi connectivity index (χ0) is 19.6. The van der Waals surface area contributed by atoms with Gasteiger partial charge in [-0.15, -0.1) is 4.57 Å². The number of benzene rings is 2. The molecular weight excluding hydrogens is 346 g/mol. The topological polar surface area (TPSA) is 26.2 Å². The van der Waals surface area contributed by atoms with E-state index in [0.29, 0.717) is 6.61 Å². The van der Waals surface area contributed by atoms with Gasteiger partial charge in [-0.25, -0.2) is 0 Å². The predicted octanol–water partition coefficient (Wildman–Crippen LogP) is 6.42. The minimum atomic E-state index is -0.0828. The van der Waals surface area contributed by atoms with Crippen LogP contribution in [0, 0.1) is 0 Å². The van der Waals surface area contributed by atoms with Gasteiger partial charge in [0.05, 0.1) is 0 Å². The van der Waals surface area contributed by atoms with Crippen LogP contribution in [0.4, 0.5) is 0 Å². The van der Waals surface area contributed by atoms with Gasteiger partial charge >= 0.3 is 5.89 Å². The SMILES string of the molecule is CCCCc1ccc2c(c1)oc1[n+]2C(CC)(CCCC)COc2ccccc2-1. The fraction of sp³-hybridized carbons (Fsp3) is 0.480. The standard InChI is InChI=1S/C25H32NO2/c1-4-7-11-19-14-15-21-23(17-19)28-24-20-12-9-10-13-22(20)27-18-25(6-3,26(21)24)16-8-5-2/h9-10,12-15,17H,4-8,11,16,18H2,1-3H3/q+1. The summed E-state index contributed by atoms with van der Waals surface area (Å²) in [6, 6.07) is 15.1. The molecule has 1 atom stereocenters. The molecule has 0 fully saturated rings. The van der Waals surface area contributed by atoms with Crippen molar-refractivity contribution in [3.63, 3.8) is 0 Å². The molecule has 0 aliphatic carbocycles. The van der Waals surface area contributed by atoms with Crippen LogP contribution in [-0.2, 0) is 12.0 Å². The maximum absolute atomic E-state index is 6.54. The minimum absolute atomic E-state index is 0.0828. The Balaban J connectivity index is 1.93. The second-order valence-corrected chi connectivity index (χ2v) is 8.11. The van der Waals surface area contributed by atoms with Crippen molar-refractivity contribution in [1.29, 1.82) is 0 Å². The maximum Gasteiger partial charge on any atom is 0.386 e. The Labute approximate surface area is 168 Å². The fourth-order valence-electron chi connectivity index (χ4n) is 4.44. The first-order valence-electron chi connectivity index (χ1n) is 10.9. The highest BCUT2D eigenvalue weighted by atomic mass is 16.5. The van der Waals surface area contributed by atoms with Gasteiger partial charge < -0.3 is 9.15 Å². The van der Waals surface area contributed by atoms with E-state index in [1.54, 1.807) is 0 Å². The van der Waals surface area contributed by atoms with E-state index in [4.69, 9.17) is 9.15 Å². The van der Waals surface area contributed by atoms with Gasteiger partial charge in [0.2, 0.25) is 11.1 Å². The Morgan fingerprint density at radius 1 is 1.00 bits per heavy atom. The summed E-state index contributed by atoms with van der Waals surface area (Å²) in [5.74, 6) is 1.86. The number of aryl methyl sites for hydroxylation is 1. The molecule has 0 saturated heterocycles. The van der Waals surface area contributed by atoms with Crippen LogP contribution in [0.2, 0.25) is 0 Å². The van der Waals surface area contributed by atoms with Crippen LogP contribution in [0.5, 0.6) is 5.75 Å². The quantitative estimate of drug-likeness (QED) is 0.444. The van der Waals surface area contributed by atoms with Crippen molar-refractivity contribution >= 4 is 11.1 Å². The van der Waals surface area contributed by atoms with E-state index < -0.39 is 0 Å². The second-order valence-electron chi connectivity index (χ2n) is 8.11. The highest BCUT2D eigenvalue weighted by molar-refractivity contribution is 5.74. The van der Waals surface area contributed by atoms with Crippen molar-refractivity contribution in [3.8, 4) is 17.2 Å². The Hall–Kier alpha value is -2.29. The summed E-state index contributed by atoms with van der Waals surface area (Å²) >= 11 is 0. The molecule has 2 aromatic carbocycles. The van der Waals surface area contributed by atoms with Gasteiger partial charge in [-0.2, -0.15) is 0 Å². The number of unbranched alkanes of at least 4 members (excludes halogenated alkanes) is 2. The van der Waals surface area contributed by atoms with Crippen LogP contribution in [0.25, 0.3) is 22.6 Å². The summed E-state index contributed by atoms with van der Waals surface area (Å²) in [6.07, 6.45) is 8.01. The lowest BCUT2D eigenvalue weighted by molar-refractivity contribution is -0.737. The fourth-order valence-corrected chi connectivity index (χ4v) is 4.44. The molecule has 1 aliphatic heterocycles. The van der Waals surface area contributed by atoms with Crippen LogP contribution in [0.3, 0.4) is 0 Å². The van der Waals surface area contributed by atoms with E-state index in [2.05, 4.69) is 61.7 Å². The molecule has 2 heterocycles. The summed E-state index contributed by atoms with van der Waals surface area (Å²) < 4.78 is 15.3. The van der Waals surface area contributed by atoms with E-state index in [0.717, 1.165) is 42.0 Å². The summed E-state index contributed by atoms with van der Waals surface area (Å²) in [5.41, 5.74) is 4.52. The van der Waals surface area contributed by atoms with E-state index in [-0.39, 0.29) is 5.54 Å². The zero-order valence-corrected chi connectivity index (χ0v) is 17.5. The number of rotatable bonds is 7. The first kappa shape index (κ1) is 19.0. The average Bonchev–Trinajstić information content (AvgIpc) is 3.06. The Morgan fingerprint density at radius 2 is 1.82 bits per heavy atom. The molecule has 28 heavy (non-hydrogen) atoms. The lowest BCUT2D eigenvalue weighted by Gasteiger charge is -2.25. The third-order valence-electron chi connectivity index (χ3n) is 6.24. The Bertz CT molecular complexity index is 958. The van der Waals surface area contributed by atoms with Crippen molar-refractivity contribution in [1.82, 2.24) is 0 Å². The van der Waals surface area contributed by atoms with Gasteiger partial charge in [-0.1, -0.05) is 51.8 Å². The van der Waals surface area contributed by atoms with E-state index >= 15 is 0 Å². The van der Waals surface area contributed by atoms with E-state index in [1.165, 1.54) is 36.8 Å². The third-order valence-corrected chi connectivity index (χ3v) is 6.24. The highest BCUT2D eigenvalue weighted by Crippen LogP contribution is 2.38. The number of hydrogen-bond acceptors (Lipinski definition) is 2. The van der Waals surface area contributed by atoms with Crippen LogP contribution in [0.15, 0.2) is 46.9 Å². The smallest absolute Gasteiger partial charge is 0.386 e. The lowest BCUT2D eigenvalue weighted by Crippen LogP contribution is -2.59. The van der Waals surface area contributed by atoms with Gasteiger partial charge in [0, 0.05) is 18.9 Å². The maximum atomic E-state index is 6.54. The molecule has 1 unspecified atom stereocenters. The zero-order valence-electron chi connectivity index (χ0n) is 17.5. The predicted molar refractivity (Wildman–Crippen MR) is 114 cm³/mol. The Kier molecular flexibility index (Phi) is 5.43. The molecule has 0 N–H and O–H groups in total. The van der Waals surface area contributed by atoms with Crippen LogP contribution >= 0.6 is 0 Å².